The smallest absolute Gasteiger partial charge is 0.336 e. The quantitative estimate of drug-likeness (QED) is 0.488. The number of fused-ring (bicyclic) bond motifs is 1. The summed E-state index contributed by atoms with van der Waals surface area (Å²) in [5.74, 6) is 0. The molecule has 1 heterocycles. The van der Waals surface area contributed by atoms with Crippen molar-refractivity contribution >= 4 is 24.3 Å². The van der Waals surface area contributed by atoms with Gasteiger partial charge in [0.25, 0.3) is 0 Å². The Balaban J connectivity index is 2.41. The Morgan fingerprint density at radius 1 is 1.00 bits per heavy atom. The summed E-state index contributed by atoms with van der Waals surface area (Å²) < 4.78 is 5.21. The van der Waals surface area contributed by atoms with E-state index in [2.05, 4.69) is 0 Å². The average molecular weight is 246 g/mol. The summed E-state index contributed by atoms with van der Waals surface area (Å²) in [4.78, 5) is 11.7. The minimum absolute atomic E-state index is 0.364. The summed E-state index contributed by atoms with van der Waals surface area (Å²) in [6.45, 7) is 2.02. The lowest BCUT2D eigenvalue weighted by atomic mass is 9.92. The lowest BCUT2D eigenvalue weighted by Gasteiger charge is -2.08. The summed E-state index contributed by atoms with van der Waals surface area (Å²) >= 11 is 0. The van der Waals surface area contributed by atoms with E-state index in [9.17, 15) is 4.79 Å². The van der Waals surface area contributed by atoms with Gasteiger partial charge in [0.2, 0.25) is 0 Å². The zero-order chi connectivity index (χ0) is 13.4. The van der Waals surface area contributed by atoms with Gasteiger partial charge in [-0.15, -0.1) is 0 Å². The van der Waals surface area contributed by atoms with Crippen LogP contribution >= 0.6 is 0 Å². The maximum Gasteiger partial charge on any atom is 0.336 e. The van der Waals surface area contributed by atoms with Crippen LogP contribution in [0, 0.1) is 6.92 Å². The Labute approximate surface area is 112 Å². The van der Waals surface area contributed by atoms with Crippen molar-refractivity contribution in [3.8, 4) is 11.1 Å². The molecule has 0 aliphatic carbocycles. The van der Waals surface area contributed by atoms with E-state index in [-0.39, 0.29) is 5.63 Å². The highest BCUT2D eigenvalue weighted by molar-refractivity contribution is 6.33. The van der Waals surface area contributed by atoms with Crippen LogP contribution in [0.1, 0.15) is 5.56 Å². The fraction of sp³-hybridized carbons (Fsp3) is 0.0625. The maximum atomic E-state index is 11.7. The minimum atomic E-state index is -0.364. The Morgan fingerprint density at radius 3 is 2.58 bits per heavy atom. The summed E-state index contributed by atoms with van der Waals surface area (Å²) in [7, 11) is 5.73. The topological polar surface area (TPSA) is 30.2 Å². The summed E-state index contributed by atoms with van der Waals surface area (Å²) in [5, 5.41) is 0.892. The molecule has 0 aliphatic rings. The standard InChI is InChI=1S/C16H11BO2/c1-10-4-2-3-5-12(10)14-9-16(18)19-15-8-11(17)6-7-13(14)15/h2-9H,1H3. The van der Waals surface area contributed by atoms with E-state index in [1.54, 1.807) is 6.07 Å². The van der Waals surface area contributed by atoms with E-state index < -0.39 is 0 Å². The molecule has 2 radical (unpaired) electrons. The molecule has 0 fully saturated rings. The monoisotopic (exact) mass is 246 g/mol. The van der Waals surface area contributed by atoms with Gasteiger partial charge in [0.15, 0.2) is 0 Å². The van der Waals surface area contributed by atoms with Crippen molar-refractivity contribution < 1.29 is 4.42 Å². The second-order valence-corrected chi connectivity index (χ2v) is 4.55. The van der Waals surface area contributed by atoms with Crippen LogP contribution in [0.25, 0.3) is 22.1 Å². The van der Waals surface area contributed by atoms with Gasteiger partial charge in [-0.1, -0.05) is 41.9 Å². The molecule has 2 nitrogen and oxygen atoms in total. The van der Waals surface area contributed by atoms with Crippen LogP contribution in [0.2, 0.25) is 0 Å². The molecule has 3 rings (SSSR count). The van der Waals surface area contributed by atoms with E-state index in [1.807, 2.05) is 43.3 Å². The number of aryl methyl sites for hydroxylation is 1. The predicted octanol–water partition coefficient (Wildman–Crippen LogP) is 2.56. The van der Waals surface area contributed by atoms with E-state index in [0.29, 0.717) is 11.0 Å². The highest BCUT2D eigenvalue weighted by atomic mass is 16.4. The molecule has 1 aromatic heterocycles. The van der Waals surface area contributed by atoms with Crippen molar-refractivity contribution in [3.63, 3.8) is 0 Å². The molecule has 0 atom stereocenters. The van der Waals surface area contributed by atoms with Gasteiger partial charge >= 0.3 is 5.63 Å². The first kappa shape index (κ1) is 11.8. The Hall–Kier alpha value is -2.29. The molecule has 0 saturated heterocycles. The van der Waals surface area contributed by atoms with Gasteiger partial charge in [-0.05, 0) is 24.1 Å². The van der Waals surface area contributed by atoms with Crippen LogP contribution in [0.5, 0.6) is 0 Å². The number of hydrogen-bond donors (Lipinski definition) is 0. The van der Waals surface area contributed by atoms with Gasteiger partial charge in [0.1, 0.15) is 13.4 Å². The predicted molar refractivity (Wildman–Crippen MR) is 78.0 cm³/mol. The highest BCUT2D eigenvalue weighted by Crippen LogP contribution is 2.28. The lowest BCUT2D eigenvalue weighted by molar-refractivity contribution is 0.562. The summed E-state index contributed by atoms with van der Waals surface area (Å²) in [6, 6.07) is 14.9. The van der Waals surface area contributed by atoms with Crippen molar-refractivity contribution in [1.29, 1.82) is 0 Å². The first-order valence-electron chi connectivity index (χ1n) is 6.04. The van der Waals surface area contributed by atoms with Crippen molar-refractivity contribution in [2.45, 2.75) is 6.92 Å². The molecular formula is C16H11BO2. The van der Waals surface area contributed by atoms with Gasteiger partial charge in [-0.3, -0.25) is 0 Å². The maximum absolute atomic E-state index is 11.7. The average Bonchev–Trinajstić information content (AvgIpc) is 2.38. The second-order valence-electron chi connectivity index (χ2n) is 4.55. The zero-order valence-corrected chi connectivity index (χ0v) is 10.5. The fourth-order valence-electron chi connectivity index (χ4n) is 2.28. The number of benzene rings is 2. The fourth-order valence-corrected chi connectivity index (χ4v) is 2.28. The molecule has 0 bridgehead atoms. The normalized spacial score (nSPS) is 10.8. The Bertz CT molecular complexity index is 818. The largest absolute Gasteiger partial charge is 0.423 e. The van der Waals surface area contributed by atoms with E-state index in [1.165, 1.54) is 6.07 Å². The van der Waals surface area contributed by atoms with Crippen molar-refractivity contribution in [2.75, 3.05) is 0 Å². The van der Waals surface area contributed by atoms with Crippen LogP contribution in [-0.2, 0) is 0 Å². The highest BCUT2D eigenvalue weighted by Gasteiger charge is 2.09. The van der Waals surface area contributed by atoms with Gasteiger partial charge in [-0.25, -0.2) is 4.79 Å². The third-order valence-electron chi connectivity index (χ3n) is 3.20. The first-order chi connectivity index (χ1) is 9.15. The summed E-state index contributed by atoms with van der Waals surface area (Å²) in [5.41, 5.74) is 3.76. The molecule has 0 saturated carbocycles. The molecular weight excluding hydrogens is 235 g/mol. The third-order valence-corrected chi connectivity index (χ3v) is 3.20. The van der Waals surface area contributed by atoms with Crippen LogP contribution < -0.4 is 11.1 Å². The van der Waals surface area contributed by atoms with Crippen LogP contribution in [0.3, 0.4) is 0 Å². The first-order valence-corrected chi connectivity index (χ1v) is 6.04. The number of rotatable bonds is 1. The molecule has 0 amide bonds. The van der Waals surface area contributed by atoms with Crippen LogP contribution in [0.4, 0.5) is 0 Å². The number of hydrogen-bond acceptors (Lipinski definition) is 2. The molecule has 2 aromatic carbocycles. The Morgan fingerprint density at radius 2 is 1.79 bits per heavy atom. The molecule has 0 spiro atoms. The molecule has 0 aliphatic heterocycles. The van der Waals surface area contributed by atoms with Crippen molar-refractivity contribution in [2.24, 2.45) is 0 Å². The molecule has 19 heavy (non-hydrogen) atoms. The molecule has 3 heteroatoms. The van der Waals surface area contributed by atoms with E-state index in [0.717, 1.165) is 22.1 Å². The zero-order valence-electron chi connectivity index (χ0n) is 10.5. The van der Waals surface area contributed by atoms with Crippen LogP contribution in [0.15, 0.2) is 57.7 Å². The molecule has 0 N–H and O–H groups in total. The van der Waals surface area contributed by atoms with Gasteiger partial charge in [-0.2, -0.15) is 0 Å². The Kier molecular flexibility index (Phi) is 2.75. The second kappa shape index (κ2) is 4.43. The lowest BCUT2D eigenvalue weighted by Crippen LogP contribution is -2.04. The van der Waals surface area contributed by atoms with Crippen molar-refractivity contribution in [3.05, 3.63) is 64.5 Å². The van der Waals surface area contributed by atoms with E-state index in [4.69, 9.17) is 12.3 Å². The van der Waals surface area contributed by atoms with Crippen LogP contribution in [-0.4, -0.2) is 7.85 Å². The summed E-state index contributed by atoms with van der Waals surface area (Å²) in [6.07, 6.45) is 0. The van der Waals surface area contributed by atoms with Gasteiger partial charge < -0.3 is 4.42 Å². The molecule has 0 unspecified atom stereocenters. The van der Waals surface area contributed by atoms with Crippen molar-refractivity contribution in [1.82, 2.24) is 0 Å². The third kappa shape index (κ3) is 2.08. The molecule has 3 aromatic rings. The molecule has 90 valence electrons. The van der Waals surface area contributed by atoms with Gasteiger partial charge in [0.05, 0.1) is 0 Å². The van der Waals surface area contributed by atoms with E-state index >= 15 is 0 Å². The SMILES string of the molecule is [B]c1ccc2c(-c3ccccc3C)cc(=O)oc2c1. The minimum Gasteiger partial charge on any atom is -0.423 e. The van der Waals surface area contributed by atoms with Gasteiger partial charge in [0, 0.05) is 17.0 Å².